The van der Waals surface area contributed by atoms with E-state index in [1.165, 1.54) is 51.4 Å². The summed E-state index contributed by atoms with van der Waals surface area (Å²) in [6.45, 7) is 4.41. The van der Waals surface area contributed by atoms with Gasteiger partial charge in [-0.2, -0.15) is 8.42 Å². The van der Waals surface area contributed by atoms with Gasteiger partial charge in [-0.3, -0.25) is 4.55 Å². The Bertz CT molecular complexity index is 436. The molecule has 0 amide bonds. The molecule has 176 valence electrons. The molecule has 0 spiro atoms. The fourth-order valence-corrected chi connectivity index (χ4v) is 4.93. The maximum Gasteiger partial charge on any atom is 0.267 e. The minimum absolute atomic E-state index is 0.181. The summed E-state index contributed by atoms with van der Waals surface area (Å²) < 4.78 is 32.7. The minimum atomic E-state index is -3.93. The van der Waals surface area contributed by atoms with Gasteiger partial charge in [-0.1, -0.05) is 117 Å². The Kier molecular flexibility index (Phi) is 19.7. The molecule has 2 N–H and O–H groups in total. The van der Waals surface area contributed by atoms with Crippen molar-refractivity contribution in [1.29, 1.82) is 0 Å². The van der Waals surface area contributed by atoms with Gasteiger partial charge in [0.25, 0.3) is 10.1 Å². The zero-order chi connectivity index (χ0) is 21.8. The van der Waals surface area contributed by atoms with Gasteiger partial charge in [0, 0.05) is 0 Å². The van der Waals surface area contributed by atoms with Gasteiger partial charge in [-0.25, -0.2) is 0 Å². The largest absolute Gasteiger partial charge is 0.393 e. The fraction of sp³-hybridized carbons (Fsp3) is 1.00. The van der Waals surface area contributed by atoms with Crippen molar-refractivity contribution in [3.05, 3.63) is 0 Å². The third kappa shape index (κ3) is 19.6. The molecule has 0 saturated heterocycles. The van der Waals surface area contributed by atoms with Crippen LogP contribution in [0.1, 0.15) is 142 Å². The highest BCUT2D eigenvalue weighted by Crippen LogP contribution is 2.19. The van der Waals surface area contributed by atoms with Crippen molar-refractivity contribution in [3.63, 3.8) is 0 Å². The topological polar surface area (TPSA) is 74.6 Å². The maximum atomic E-state index is 11.6. The van der Waals surface area contributed by atoms with Gasteiger partial charge in [0.1, 0.15) is 0 Å². The van der Waals surface area contributed by atoms with E-state index >= 15 is 0 Å². The minimum Gasteiger partial charge on any atom is -0.393 e. The average molecular weight is 435 g/mol. The molecule has 0 aliphatic heterocycles. The molecular weight excluding hydrogens is 384 g/mol. The Morgan fingerprint density at radius 1 is 0.552 bits per heavy atom. The van der Waals surface area contributed by atoms with Crippen LogP contribution in [0.3, 0.4) is 0 Å². The molecule has 0 aliphatic carbocycles. The van der Waals surface area contributed by atoms with E-state index in [1.54, 1.807) is 0 Å². The van der Waals surface area contributed by atoms with Gasteiger partial charge < -0.3 is 5.11 Å². The number of rotatable bonds is 22. The second kappa shape index (κ2) is 19.8. The van der Waals surface area contributed by atoms with Crippen LogP contribution in [0, 0.1) is 0 Å². The summed E-state index contributed by atoms with van der Waals surface area (Å²) in [6.07, 6.45) is 20.9. The molecule has 5 heteroatoms. The van der Waals surface area contributed by atoms with Crippen molar-refractivity contribution in [2.75, 3.05) is 0 Å². The highest BCUT2D eigenvalue weighted by atomic mass is 32.2. The van der Waals surface area contributed by atoms with Gasteiger partial charge in [-0.15, -0.1) is 0 Å². The lowest BCUT2D eigenvalue weighted by Crippen LogP contribution is -2.20. The van der Waals surface area contributed by atoms with Gasteiger partial charge in [-0.05, 0) is 25.7 Å². The Balaban J connectivity index is 3.71. The third-order valence-corrected chi connectivity index (χ3v) is 7.32. The standard InChI is InChI=1S/C24H50O4S/c1-3-5-7-9-11-15-19-23(25)20-16-13-14-18-22-24(29(26,27)28)21-17-12-10-8-6-4-2/h23-25H,3-22H2,1-2H3,(H,26,27,28). The van der Waals surface area contributed by atoms with Crippen molar-refractivity contribution in [1.82, 2.24) is 0 Å². The Morgan fingerprint density at radius 3 is 1.21 bits per heavy atom. The molecule has 0 heterocycles. The van der Waals surface area contributed by atoms with Gasteiger partial charge in [0.05, 0.1) is 11.4 Å². The van der Waals surface area contributed by atoms with Crippen LogP contribution in [0.15, 0.2) is 0 Å². The number of hydrogen-bond acceptors (Lipinski definition) is 3. The highest BCUT2D eigenvalue weighted by Gasteiger charge is 2.21. The van der Waals surface area contributed by atoms with Crippen LogP contribution in [0.2, 0.25) is 0 Å². The Labute approximate surface area is 182 Å². The SMILES string of the molecule is CCCCCCCCC(O)CCCCCCC(CCCCCCCC)S(=O)(=O)O. The molecule has 0 rings (SSSR count). The average Bonchev–Trinajstić information content (AvgIpc) is 2.67. The van der Waals surface area contributed by atoms with Crippen molar-refractivity contribution in [2.45, 2.75) is 154 Å². The molecular formula is C24H50O4S. The van der Waals surface area contributed by atoms with Crippen LogP contribution in [-0.2, 0) is 10.1 Å². The second-order valence-corrected chi connectivity index (χ2v) is 10.6. The zero-order valence-corrected chi connectivity index (χ0v) is 20.2. The summed E-state index contributed by atoms with van der Waals surface area (Å²) in [4.78, 5) is 0. The Morgan fingerprint density at radius 2 is 0.862 bits per heavy atom. The quantitative estimate of drug-likeness (QED) is 0.137. The Hall–Kier alpha value is -0.130. The molecule has 0 aromatic carbocycles. The lowest BCUT2D eigenvalue weighted by Gasteiger charge is -2.14. The number of aliphatic hydroxyl groups is 1. The first kappa shape index (κ1) is 28.9. The van der Waals surface area contributed by atoms with Gasteiger partial charge in [0.2, 0.25) is 0 Å². The van der Waals surface area contributed by atoms with Crippen LogP contribution >= 0.6 is 0 Å². The van der Waals surface area contributed by atoms with E-state index in [-0.39, 0.29) is 6.10 Å². The van der Waals surface area contributed by atoms with Gasteiger partial charge >= 0.3 is 0 Å². The first-order valence-electron chi connectivity index (χ1n) is 12.6. The van der Waals surface area contributed by atoms with E-state index in [0.717, 1.165) is 64.2 Å². The van der Waals surface area contributed by atoms with E-state index in [9.17, 15) is 18.1 Å². The highest BCUT2D eigenvalue weighted by molar-refractivity contribution is 7.86. The number of unbranched alkanes of at least 4 members (excludes halogenated alkanes) is 13. The monoisotopic (exact) mass is 434 g/mol. The van der Waals surface area contributed by atoms with E-state index in [0.29, 0.717) is 12.8 Å². The lowest BCUT2D eigenvalue weighted by atomic mass is 10.0. The zero-order valence-electron chi connectivity index (χ0n) is 19.4. The molecule has 0 saturated carbocycles. The summed E-state index contributed by atoms with van der Waals surface area (Å²) in [5, 5.41) is 9.47. The van der Waals surface area contributed by atoms with E-state index < -0.39 is 15.4 Å². The van der Waals surface area contributed by atoms with E-state index in [2.05, 4.69) is 13.8 Å². The summed E-state index contributed by atoms with van der Waals surface area (Å²) in [6, 6.07) is 0. The fourth-order valence-electron chi connectivity index (χ4n) is 4.00. The molecule has 0 radical (unpaired) electrons. The number of hydrogen-bond donors (Lipinski definition) is 2. The maximum absolute atomic E-state index is 11.6. The van der Waals surface area contributed by atoms with E-state index in [1.807, 2.05) is 0 Å². The summed E-state index contributed by atoms with van der Waals surface area (Å²) in [5.41, 5.74) is 0. The second-order valence-electron chi connectivity index (χ2n) is 8.90. The smallest absolute Gasteiger partial charge is 0.267 e. The molecule has 0 aromatic heterocycles. The first-order valence-corrected chi connectivity index (χ1v) is 14.1. The predicted octanol–water partition coefficient (Wildman–Crippen LogP) is 7.45. The van der Waals surface area contributed by atoms with Crippen LogP contribution in [0.5, 0.6) is 0 Å². The van der Waals surface area contributed by atoms with Crippen LogP contribution in [-0.4, -0.2) is 29.4 Å². The van der Waals surface area contributed by atoms with Gasteiger partial charge in [0.15, 0.2) is 0 Å². The molecule has 4 nitrogen and oxygen atoms in total. The van der Waals surface area contributed by atoms with E-state index in [4.69, 9.17) is 0 Å². The first-order chi connectivity index (χ1) is 13.9. The normalized spacial score (nSPS) is 14.2. The third-order valence-electron chi connectivity index (χ3n) is 6.01. The van der Waals surface area contributed by atoms with Crippen molar-refractivity contribution in [3.8, 4) is 0 Å². The van der Waals surface area contributed by atoms with Crippen molar-refractivity contribution in [2.24, 2.45) is 0 Å². The van der Waals surface area contributed by atoms with Crippen LogP contribution in [0.4, 0.5) is 0 Å². The number of aliphatic hydroxyl groups excluding tert-OH is 1. The molecule has 0 aromatic rings. The summed E-state index contributed by atoms with van der Waals surface area (Å²) in [5.74, 6) is 0. The van der Waals surface area contributed by atoms with Crippen LogP contribution in [0.25, 0.3) is 0 Å². The molecule has 0 bridgehead atoms. The lowest BCUT2D eigenvalue weighted by molar-refractivity contribution is 0.147. The summed E-state index contributed by atoms with van der Waals surface area (Å²) >= 11 is 0. The molecule has 29 heavy (non-hydrogen) atoms. The molecule has 0 aliphatic rings. The molecule has 0 fully saturated rings. The summed E-state index contributed by atoms with van der Waals surface area (Å²) in [7, 11) is -3.93. The van der Waals surface area contributed by atoms with Crippen LogP contribution < -0.4 is 0 Å². The van der Waals surface area contributed by atoms with Crippen molar-refractivity contribution >= 4 is 10.1 Å². The van der Waals surface area contributed by atoms with Crippen molar-refractivity contribution < 1.29 is 18.1 Å². The predicted molar refractivity (Wildman–Crippen MR) is 125 cm³/mol. The molecule has 2 unspecified atom stereocenters. The molecule has 2 atom stereocenters.